The highest BCUT2D eigenvalue weighted by atomic mass is 32.2. The molecule has 1 aliphatic rings. The summed E-state index contributed by atoms with van der Waals surface area (Å²) in [4.78, 5) is 9.70. The molecule has 0 N–H and O–H groups in total. The summed E-state index contributed by atoms with van der Waals surface area (Å²) < 4.78 is 0. The lowest BCUT2D eigenvalue weighted by Gasteiger charge is -2.10. The third-order valence-corrected chi connectivity index (χ3v) is 5.23. The fraction of sp³-hybridized carbons (Fsp3) is 0.200. The second-order valence-corrected chi connectivity index (χ2v) is 6.74. The van der Waals surface area contributed by atoms with E-state index in [0.29, 0.717) is 0 Å². The Morgan fingerprint density at radius 1 is 0.826 bits per heavy atom. The van der Waals surface area contributed by atoms with Gasteiger partial charge in [0.05, 0.1) is 0 Å². The molecule has 1 heterocycles. The van der Waals surface area contributed by atoms with Crippen molar-refractivity contribution < 1.29 is 0 Å². The van der Waals surface area contributed by atoms with Crippen molar-refractivity contribution in [3.05, 3.63) is 77.5 Å². The number of nitrogens with zero attached hydrogens (tertiary/aromatic N) is 2. The van der Waals surface area contributed by atoms with Crippen LogP contribution in [-0.2, 0) is 18.6 Å². The third-order valence-electron chi connectivity index (χ3n) is 4.15. The van der Waals surface area contributed by atoms with Gasteiger partial charge in [-0.25, -0.2) is 9.97 Å². The first-order valence-electron chi connectivity index (χ1n) is 8.02. The average Bonchev–Trinajstić information content (AvgIpc) is 3.10. The van der Waals surface area contributed by atoms with E-state index >= 15 is 0 Å². The van der Waals surface area contributed by atoms with Crippen LogP contribution in [-0.4, -0.2) is 9.97 Å². The molecule has 0 saturated heterocycles. The van der Waals surface area contributed by atoms with Crippen molar-refractivity contribution in [3.8, 4) is 11.4 Å². The Hall–Kier alpha value is -2.13. The zero-order valence-electron chi connectivity index (χ0n) is 12.9. The van der Waals surface area contributed by atoms with Gasteiger partial charge in [0.25, 0.3) is 0 Å². The zero-order chi connectivity index (χ0) is 15.5. The van der Waals surface area contributed by atoms with E-state index in [1.165, 1.54) is 23.2 Å². The van der Waals surface area contributed by atoms with Crippen molar-refractivity contribution in [2.24, 2.45) is 0 Å². The van der Waals surface area contributed by atoms with Crippen LogP contribution in [0.1, 0.15) is 23.2 Å². The van der Waals surface area contributed by atoms with Crippen molar-refractivity contribution >= 4 is 11.8 Å². The van der Waals surface area contributed by atoms with E-state index in [2.05, 4.69) is 42.5 Å². The molecule has 0 unspecified atom stereocenters. The average molecular weight is 318 g/mol. The maximum Gasteiger partial charge on any atom is 0.160 e. The van der Waals surface area contributed by atoms with Crippen LogP contribution in [0.5, 0.6) is 0 Å². The molecule has 0 bridgehead atoms. The number of thioether (sulfide) groups is 1. The van der Waals surface area contributed by atoms with E-state index in [-0.39, 0.29) is 0 Å². The summed E-state index contributed by atoms with van der Waals surface area (Å²) in [5.74, 6) is 1.82. The molecule has 0 spiro atoms. The Morgan fingerprint density at radius 3 is 2.35 bits per heavy atom. The summed E-state index contributed by atoms with van der Waals surface area (Å²) in [6, 6.07) is 20.9. The van der Waals surface area contributed by atoms with E-state index in [9.17, 15) is 0 Å². The van der Waals surface area contributed by atoms with Crippen molar-refractivity contribution in [1.29, 1.82) is 0 Å². The molecule has 3 aromatic rings. The standard InChI is InChI=1S/C20H18N2S/c1-3-8-15(9-4-1)14-23-20-17-12-7-13-18(17)21-19(22-20)16-10-5-2-6-11-16/h1-6,8-11H,7,12-14H2. The molecular formula is C20H18N2S. The van der Waals surface area contributed by atoms with Gasteiger partial charge in [0.1, 0.15) is 5.03 Å². The van der Waals surface area contributed by atoms with E-state index in [4.69, 9.17) is 9.97 Å². The predicted octanol–water partition coefficient (Wildman–Crippen LogP) is 4.92. The van der Waals surface area contributed by atoms with E-state index in [0.717, 1.165) is 35.0 Å². The number of fused-ring (bicyclic) bond motifs is 1. The van der Waals surface area contributed by atoms with Crippen LogP contribution in [0, 0.1) is 0 Å². The highest BCUT2D eigenvalue weighted by Crippen LogP contribution is 2.33. The number of benzene rings is 2. The first-order chi connectivity index (χ1) is 11.4. The summed E-state index contributed by atoms with van der Waals surface area (Å²) in [7, 11) is 0. The lowest BCUT2D eigenvalue weighted by atomic mass is 10.2. The Morgan fingerprint density at radius 2 is 1.57 bits per heavy atom. The molecule has 23 heavy (non-hydrogen) atoms. The molecule has 4 rings (SSSR count). The molecule has 1 aliphatic carbocycles. The van der Waals surface area contributed by atoms with Crippen molar-refractivity contribution in [2.75, 3.05) is 0 Å². The molecule has 0 radical (unpaired) electrons. The van der Waals surface area contributed by atoms with Gasteiger partial charge in [-0.1, -0.05) is 60.7 Å². The molecule has 0 saturated carbocycles. The van der Waals surface area contributed by atoms with Crippen LogP contribution in [0.4, 0.5) is 0 Å². The minimum absolute atomic E-state index is 0.863. The van der Waals surface area contributed by atoms with Gasteiger partial charge in [-0.3, -0.25) is 0 Å². The van der Waals surface area contributed by atoms with Gasteiger partial charge in [-0.2, -0.15) is 0 Å². The summed E-state index contributed by atoms with van der Waals surface area (Å²) >= 11 is 1.84. The van der Waals surface area contributed by atoms with Gasteiger partial charge in [-0.15, -0.1) is 11.8 Å². The molecule has 3 heteroatoms. The van der Waals surface area contributed by atoms with Crippen molar-refractivity contribution in [1.82, 2.24) is 9.97 Å². The SMILES string of the molecule is c1ccc(CSc2nc(-c3ccccc3)nc3c2CCC3)cc1. The number of aromatic nitrogens is 2. The number of aryl methyl sites for hydroxylation is 1. The fourth-order valence-electron chi connectivity index (χ4n) is 2.96. The molecular weight excluding hydrogens is 300 g/mol. The summed E-state index contributed by atoms with van der Waals surface area (Å²) in [6.07, 6.45) is 3.39. The third kappa shape index (κ3) is 3.15. The number of rotatable bonds is 4. The maximum absolute atomic E-state index is 4.88. The smallest absolute Gasteiger partial charge is 0.160 e. The molecule has 0 atom stereocenters. The van der Waals surface area contributed by atoms with E-state index < -0.39 is 0 Å². The zero-order valence-corrected chi connectivity index (χ0v) is 13.7. The Kier molecular flexibility index (Phi) is 4.12. The van der Waals surface area contributed by atoms with Crippen LogP contribution in [0.25, 0.3) is 11.4 Å². The van der Waals surface area contributed by atoms with Gasteiger partial charge >= 0.3 is 0 Å². The molecule has 0 amide bonds. The van der Waals surface area contributed by atoms with Gasteiger partial charge in [0, 0.05) is 22.6 Å². The topological polar surface area (TPSA) is 25.8 Å². The van der Waals surface area contributed by atoms with Crippen LogP contribution in [0.15, 0.2) is 65.7 Å². The lowest BCUT2D eigenvalue weighted by molar-refractivity contribution is 0.896. The summed E-state index contributed by atoms with van der Waals surface area (Å²) in [5.41, 5.74) is 5.05. The first kappa shape index (κ1) is 14.5. The molecule has 114 valence electrons. The molecule has 2 aromatic carbocycles. The Balaban J connectivity index is 1.67. The Labute approximate surface area is 141 Å². The monoisotopic (exact) mass is 318 g/mol. The predicted molar refractivity (Wildman–Crippen MR) is 95.5 cm³/mol. The molecule has 1 aromatic heterocycles. The fourth-order valence-corrected chi connectivity index (χ4v) is 4.00. The van der Waals surface area contributed by atoms with Crippen LogP contribution < -0.4 is 0 Å². The van der Waals surface area contributed by atoms with Crippen molar-refractivity contribution in [2.45, 2.75) is 30.0 Å². The van der Waals surface area contributed by atoms with Gasteiger partial charge in [0.2, 0.25) is 0 Å². The second-order valence-electron chi connectivity index (χ2n) is 5.77. The summed E-state index contributed by atoms with van der Waals surface area (Å²) in [6.45, 7) is 0. The minimum Gasteiger partial charge on any atom is -0.233 e. The highest BCUT2D eigenvalue weighted by Gasteiger charge is 2.20. The molecule has 2 nitrogen and oxygen atoms in total. The normalized spacial score (nSPS) is 13.0. The van der Waals surface area contributed by atoms with Crippen molar-refractivity contribution in [3.63, 3.8) is 0 Å². The second kappa shape index (κ2) is 6.55. The molecule has 0 aliphatic heterocycles. The quantitative estimate of drug-likeness (QED) is 0.504. The molecule has 0 fully saturated rings. The lowest BCUT2D eigenvalue weighted by Crippen LogP contribution is -1.99. The summed E-state index contributed by atoms with van der Waals surface area (Å²) in [5, 5.41) is 1.16. The number of hydrogen-bond donors (Lipinski definition) is 0. The van der Waals surface area contributed by atoms with Crippen LogP contribution in [0.2, 0.25) is 0 Å². The van der Waals surface area contributed by atoms with E-state index in [1.807, 2.05) is 30.0 Å². The van der Waals surface area contributed by atoms with E-state index in [1.54, 1.807) is 0 Å². The minimum atomic E-state index is 0.863. The number of hydrogen-bond acceptors (Lipinski definition) is 3. The first-order valence-corrected chi connectivity index (χ1v) is 9.00. The highest BCUT2D eigenvalue weighted by molar-refractivity contribution is 7.98. The van der Waals surface area contributed by atoms with Gasteiger partial charge in [-0.05, 0) is 24.8 Å². The van der Waals surface area contributed by atoms with Crippen LogP contribution in [0.3, 0.4) is 0 Å². The maximum atomic E-state index is 4.88. The largest absolute Gasteiger partial charge is 0.233 e. The van der Waals surface area contributed by atoms with Crippen LogP contribution >= 0.6 is 11.8 Å². The Bertz CT molecular complexity index is 801. The van der Waals surface area contributed by atoms with Gasteiger partial charge < -0.3 is 0 Å². The van der Waals surface area contributed by atoms with Gasteiger partial charge in [0.15, 0.2) is 5.82 Å².